The Morgan fingerprint density at radius 1 is 0.871 bits per heavy atom. The molecule has 2 N–H and O–H groups in total. The second-order valence-electron chi connectivity index (χ2n) is 9.90. The molecule has 0 radical (unpaired) electrons. The lowest BCUT2D eigenvalue weighted by molar-refractivity contribution is -0.154. The standard InChI is InChI=1S/C26H51NO3S/c1-23(27-31-22-18-20-24(2)28)19-16-14-12-10-8-6-7-9-11-13-15-17-21-25(29)30-26(3,4)5/h23,27-28H,2,6-22H2,1,3-5H3. The van der Waals surface area contributed by atoms with Crippen LogP contribution in [0.25, 0.3) is 0 Å². The molecule has 1 atom stereocenters. The molecule has 5 heteroatoms. The van der Waals surface area contributed by atoms with Crippen LogP contribution in [0.2, 0.25) is 0 Å². The maximum atomic E-state index is 11.6. The molecule has 0 aromatic heterocycles. The highest BCUT2D eigenvalue weighted by Crippen LogP contribution is 2.15. The van der Waals surface area contributed by atoms with Gasteiger partial charge in [-0.05, 0) is 47.0 Å². The lowest BCUT2D eigenvalue weighted by Crippen LogP contribution is -2.23. The first-order valence-corrected chi connectivity index (χ1v) is 13.6. The summed E-state index contributed by atoms with van der Waals surface area (Å²) in [6.45, 7) is 11.5. The largest absolute Gasteiger partial charge is 0.513 e. The van der Waals surface area contributed by atoms with Crippen molar-refractivity contribution in [2.75, 3.05) is 5.75 Å². The van der Waals surface area contributed by atoms with E-state index in [1.807, 2.05) is 20.8 Å². The summed E-state index contributed by atoms with van der Waals surface area (Å²) < 4.78 is 8.83. The van der Waals surface area contributed by atoms with Gasteiger partial charge in [-0.2, -0.15) is 0 Å². The van der Waals surface area contributed by atoms with Crippen LogP contribution in [-0.4, -0.2) is 28.5 Å². The predicted octanol–water partition coefficient (Wildman–Crippen LogP) is 8.27. The van der Waals surface area contributed by atoms with Crippen LogP contribution in [0.5, 0.6) is 0 Å². The first kappa shape index (κ1) is 30.3. The molecule has 0 amide bonds. The van der Waals surface area contributed by atoms with Gasteiger partial charge < -0.3 is 9.84 Å². The van der Waals surface area contributed by atoms with E-state index < -0.39 is 0 Å². The minimum atomic E-state index is -0.357. The van der Waals surface area contributed by atoms with Gasteiger partial charge in [-0.3, -0.25) is 9.52 Å². The van der Waals surface area contributed by atoms with Crippen molar-refractivity contribution in [3.05, 3.63) is 12.3 Å². The highest BCUT2D eigenvalue weighted by molar-refractivity contribution is 7.97. The summed E-state index contributed by atoms with van der Waals surface area (Å²) in [4.78, 5) is 11.6. The predicted molar refractivity (Wildman–Crippen MR) is 137 cm³/mol. The van der Waals surface area contributed by atoms with Crippen molar-refractivity contribution in [1.82, 2.24) is 4.72 Å². The lowest BCUT2D eigenvalue weighted by atomic mass is 10.0. The van der Waals surface area contributed by atoms with Crippen LogP contribution >= 0.6 is 11.9 Å². The van der Waals surface area contributed by atoms with Crippen molar-refractivity contribution >= 4 is 17.9 Å². The second kappa shape index (κ2) is 20.0. The van der Waals surface area contributed by atoms with Crippen LogP contribution < -0.4 is 4.72 Å². The zero-order valence-electron chi connectivity index (χ0n) is 21.0. The van der Waals surface area contributed by atoms with Gasteiger partial charge in [0.25, 0.3) is 0 Å². The van der Waals surface area contributed by atoms with Crippen LogP contribution in [0.4, 0.5) is 0 Å². The minimum absolute atomic E-state index is 0.0572. The molecule has 1 unspecified atom stereocenters. The van der Waals surface area contributed by atoms with E-state index in [9.17, 15) is 4.79 Å². The van der Waals surface area contributed by atoms with Gasteiger partial charge in [-0.1, -0.05) is 89.2 Å². The van der Waals surface area contributed by atoms with Crippen molar-refractivity contribution in [1.29, 1.82) is 0 Å². The number of allylic oxidation sites excluding steroid dienone is 1. The smallest absolute Gasteiger partial charge is 0.306 e. The molecule has 0 aromatic carbocycles. The molecule has 0 rings (SSSR count). The molecule has 31 heavy (non-hydrogen) atoms. The van der Waals surface area contributed by atoms with Crippen molar-refractivity contribution in [2.45, 2.75) is 142 Å². The molecule has 0 bridgehead atoms. The zero-order valence-corrected chi connectivity index (χ0v) is 21.8. The molecule has 4 nitrogen and oxygen atoms in total. The molecule has 0 saturated carbocycles. The maximum absolute atomic E-state index is 11.6. The third kappa shape index (κ3) is 25.5. The summed E-state index contributed by atoms with van der Waals surface area (Å²) >= 11 is 1.77. The molecular weight excluding hydrogens is 406 g/mol. The number of rotatable bonds is 21. The minimum Gasteiger partial charge on any atom is -0.513 e. The Balaban J connectivity index is 3.24. The first-order valence-electron chi connectivity index (χ1n) is 12.7. The number of carbonyl (C=O) groups excluding carboxylic acids is 1. The Morgan fingerprint density at radius 2 is 1.35 bits per heavy atom. The molecule has 0 fully saturated rings. The van der Waals surface area contributed by atoms with E-state index in [2.05, 4.69) is 18.2 Å². The van der Waals surface area contributed by atoms with E-state index in [1.54, 1.807) is 11.9 Å². The van der Waals surface area contributed by atoms with Gasteiger partial charge in [0, 0.05) is 24.6 Å². The molecule has 0 aromatic rings. The van der Waals surface area contributed by atoms with Crippen molar-refractivity contribution in [3.8, 4) is 0 Å². The van der Waals surface area contributed by atoms with E-state index in [4.69, 9.17) is 9.84 Å². The topological polar surface area (TPSA) is 58.6 Å². The van der Waals surface area contributed by atoms with E-state index in [-0.39, 0.29) is 11.6 Å². The Labute approximate surface area is 197 Å². The van der Waals surface area contributed by atoms with Gasteiger partial charge >= 0.3 is 5.97 Å². The van der Waals surface area contributed by atoms with Gasteiger partial charge in [0.05, 0.1) is 5.76 Å². The van der Waals surface area contributed by atoms with Gasteiger partial charge in [0.2, 0.25) is 0 Å². The molecule has 0 aliphatic rings. The van der Waals surface area contributed by atoms with E-state index in [1.165, 1.54) is 70.6 Å². The fourth-order valence-corrected chi connectivity index (χ4v) is 4.30. The Bertz CT molecular complexity index is 448. The fourth-order valence-electron chi connectivity index (χ4n) is 3.49. The highest BCUT2D eigenvalue weighted by atomic mass is 32.2. The number of unbranched alkanes of at least 4 members (excludes halogenated alkanes) is 11. The van der Waals surface area contributed by atoms with Crippen LogP contribution in [0.15, 0.2) is 12.3 Å². The molecule has 0 spiro atoms. The third-order valence-electron chi connectivity index (χ3n) is 5.18. The number of ether oxygens (including phenoxy) is 1. The van der Waals surface area contributed by atoms with Crippen LogP contribution in [0, 0.1) is 0 Å². The van der Waals surface area contributed by atoms with Gasteiger partial charge in [-0.25, -0.2) is 0 Å². The molecule has 0 heterocycles. The first-order chi connectivity index (χ1) is 14.7. The third-order valence-corrected chi connectivity index (χ3v) is 6.25. The number of nitrogens with one attached hydrogen (secondary N) is 1. The summed E-state index contributed by atoms with van der Waals surface area (Å²) in [7, 11) is 0. The Kier molecular flexibility index (Phi) is 19.5. The van der Waals surface area contributed by atoms with E-state index >= 15 is 0 Å². The van der Waals surface area contributed by atoms with Gasteiger partial charge in [-0.15, -0.1) is 0 Å². The van der Waals surface area contributed by atoms with Crippen molar-refractivity contribution in [2.24, 2.45) is 0 Å². The van der Waals surface area contributed by atoms with Crippen LogP contribution in [-0.2, 0) is 9.53 Å². The number of esters is 1. The van der Waals surface area contributed by atoms with E-state index in [0.29, 0.717) is 24.6 Å². The number of carbonyl (C=O) groups is 1. The normalized spacial score (nSPS) is 12.6. The average molecular weight is 458 g/mol. The Hall–Kier alpha value is -0.680. The SMILES string of the molecule is C=C(O)CCCSNC(C)CCCCCCCCCCCCCCC(=O)OC(C)(C)C. The number of hydrogen-bond acceptors (Lipinski definition) is 5. The monoisotopic (exact) mass is 457 g/mol. The fraction of sp³-hybridized carbons (Fsp3) is 0.885. The quantitative estimate of drug-likeness (QED) is 0.0786. The van der Waals surface area contributed by atoms with Gasteiger partial charge in [0.1, 0.15) is 5.60 Å². The van der Waals surface area contributed by atoms with Crippen molar-refractivity contribution in [3.63, 3.8) is 0 Å². The molecule has 0 saturated heterocycles. The summed E-state index contributed by atoms with van der Waals surface area (Å²) in [5.74, 6) is 1.26. The molecule has 184 valence electrons. The summed E-state index contributed by atoms with van der Waals surface area (Å²) in [6.07, 6.45) is 19.0. The average Bonchev–Trinajstić information content (AvgIpc) is 2.66. The zero-order chi connectivity index (χ0) is 23.4. The molecule has 0 aliphatic carbocycles. The van der Waals surface area contributed by atoms with Crippen molar-refractivity contribution < 1.29 is 14.6 Å². The number of hydrogen-bond donors (Lipinski definition) is 2. The molecular formula is C26H51NO3S. The van der Waals surface area contributed by atoms with E-state index in [0.717, 1.165) is 25.0 Å². The maximum Gasteiger partial charge on any atom is 0.306 e. The molecule has 0 aliphatic heterocycles. The second-order valence-corrected chi connectivity index (χ2v) is 10.8. The van der Waals surface area contributed by atoms with Crippen LogP contribution in [0.1, 0.15) is 130 Å². The number of aliphatic hydroxyl groups is 1. The van der Waals surface area contributed by atoms with Crippen LogP contribution in [0.3, 0.4) is 0 Å². The summed E-state index contributed by atoms with van der Waals surface area (Å²) in [6, 6.07) is 0.562. The number of aliphatic hydroxyl groups excluding tert-OH is 1. The summed E-state index contributed by atoms with van der Waals surface area (Å²) in [5, 5.41) is 9.05. The summed E-state index contributed by atoms with van der Waals surface area (Å²) in [5.41, 5.74) is -0.357. The Morgan fingerprint density at radius 3 is 1.84 bits per heavy atom. The lowest BCUT2D eigenvalue weighted by Gasteiger charge is -2.19. The highest BCUT2D eigenvalue weighted by Gasteiger charge is 2.15. The van der Waals surface area contributed by atoms with Gasteiger partial charge in [0.15, 0.2) is 0 Å².